The Morgan fingerprint density at radius 2 is 1.62 bits per heavy atom. The van der Waals surface area contributed by atoms with E-state index in [1.165, 1.54) is 22.3 Å². The van der Waals surface area contributed by atoms with Crippen molar-refractivity contribution in [1.29, 1.82) is 0 Å². The van der Waals surface area contributed by atoms with Gasteiger partial charge in [-0.2, -0.15) is 0 Å². The third kappa shape index (κ3) is 5.66. The molecule has 3 heterocycles. The number of para-hydroxylation sites is 1. The summed E-state index contributed by atoms with van der Waals surface area (Å²) in [6.45, 7) is 1.91. The van der Waals surface area contributed by atoms with Crippen molar-refractivity contribution in [3.05, 3.63) is 103 Å². The quantitative estimate of drug-likeness (QED) is 0.215. The number of thiophene rings is 1. The Labute approximate surface area is 223 Å². The number of nitro groups is 1. The van der Waals surface area contributed by atoms with E-state index in [1.54, 1.807) is 11.0 Å². The summed E-state index contributed by atoms with van der Waals surface area (Å²) in [6.07, 6.45) is 1.47. The molecule has 194 valence electrons. The summed E-state index contributed by atoms with van der Waals surface area (Å²) in [5.41, 5.74) is 0.817. The second-order valence-corrected chi connectivity index (χ2v) is 9.05. The SMILES string of the molecule is CCl.N.O=C(c1cccs1)N1CCN(c2c([N+](=O)[O-])c(=O)n(Cc3ccccc3)c3ccccc23)CC1. The second-order valence-electron chi connectivity index (χ2n) is 8.10. The molecule has 3 N–H and O–H groups in total. The van der Waals surface area contributed by atoms with E-state index in [1.807, 2.05) is 70.9 Å². The fourth-order valence-electron chi connectivity index (χ4n) is 4.47. The maximum atomic E-state index is 13.5. The Kier molecular flexibility index (Phi) is 9.40. The minimum absolute atomic E-state index is 0. The zero-order valence-corrected chi connectivity index (χ0v) is 22.0. The van der Waals surface area contributed by atoms with E-state index in [2.05, 4.69) is 11.6 Å². The molecule has 1 fully saturated rings. The predicted molar refractivity (Wildman–Crippen MR) is 150 cm³/mol. The van der Waals surface area contributed by atoms with Crippen molar-refractivity contribution in [2.24, 2.45) is 0 Å². The number of rotatable bonds is 5. The largest absolute Gasteiger partial charge is 0.362 e. The van der Waals surface area contributed by atoms with Crippen LogP contribution in [0.3, 0.4) is 0 Å². The van der Waals surface area contributed by atoms with E-state index >= 15 is 0 Å². The highest BCUT2D eigenvalue weighted by Crippen LogP contribution is 2.34. The third-order valence-electron chi connectivity index (χ3n) is 6.10. The van der Waals surface area contributed by atoms with Crippen molar-refractivity contribution in [3.63, 3.8) is 0 Å². The number of alkyl halides is 1. The van der Waals surface area contributed by atoms with Gasteiger partial charge in [0.1, 0.15) is 5.69 Å². The number of pyridine rings is 1. The van der Waals surface area contributed by atoms with E-state index in [-0.39, 0.29) is 18.6 Å². The fraction of sp³-hybridized carbons (Fsp3) is 0.231. The van der Waals surface area contributed by atoms with E-state index in [9.17, 15) is 19.7 Å². The summed E-state index contributed by atoms with van der Waals surface area (Å²) in [5, 5.41) is 14.7. The van der Waals surface area contributed by atoms with Crippen LogP contribution in [-0.4, -0.2) is 52.9 Å². The normalized spacial score (nSPS) is 12.9. The number of benzene rings is 2. The van der Waals surface area contributed by atoms with E-state index in [4.69, 9.17) is 0 Å². The number of piperazine rings is 1. The van der Waals surface area contributed by atoms with Gasteiger partial charge in [0, 0.05) is 37.9 Å². The molecule has 1 amide bonds. The Bertz CT molecular complexity index is 1420. The minimum atomic E-state index is -0.625. The molecule has 0 atom stereocenters. The first-order chi connectivity index (χ1) is 17.5. The number of hydrogen-bond donors (Lipinski definition) is 1. The number of amides is 1. The molecule has 0 aliphatic carbocycles. The Hall–Kier alpha value is -3.73. The molecule has 37 heavy (non-hydrogen) atoms. The van der Waals surface area contributed by atoms with E-state index in [0.717, 1.165) is 5.56 Å². The van der Waals surface area contributed by atoms with E-state index < -0.39 is 16.2 Å². The molecule has 0 radical (unpaired) electrons. The number of halogens is 1. The van der Waals surface area contributed by atoms with Gasteiger partial charge in [0.15, 0.2) is 0 Å². The fourth-order valence-corrected chi connectivity index (χ4v) is 5.16. The van der Waals surface area contributed by atoms with Crippen molar-refractivity contribution < 1.29 is 9.72 Å². The van der Waals surface area contributed by atoms with Gasteiger partial charge in [0.2, 0.25) is 0 Å². The number of aromatic nitrogens is 1. The average molecular weight is 542 g/mol. The van der Waals surface area contributed by atoms with Gasteiger partial charge in [0.05, 0.1) is 21.9 Å². The molecule has 2 aromatic carbocycles. The smallest absolute Gasteiger partial charge is 0.357 e. The van der Waals surface area contributed by atoms with Crippen LogP contribution in [0.2, 0.25) is 0 Å². The molecule has 0 unspecified atom stereocenters. The van der Waals surface area contributed by atoms with Crippen molar-refractivity contribution in [2.45, 2.75) is 6.54 Å². The third-order valence-corrected chi connectivity index (χ3v) is 6.96. The van der Waals surface area contributed by atoms with Gasteiger partial charge in [-0.25, -0.2) is 0 Å². The molecule has 2 aromatic heterocycles. The first-order valence-corrected chi connectivity index (χ1v) is 13.0. The molecule has 1 aliphatic heterocycles. The van der Waals surface area contributed by atoms with Gasteiger partial charge in [-0.05, 0) is 23.1 Å². The number of carbonyl (C=O) groups excluding carboxylic acids is 1. The lowest BCUT2D eigenvalue weighted by molar-refractivity contribution is -0.385. The van der Waals surface area contributed by atoms with Crippen molar-refractivity contribution in [2.75, 3.05) is 37.5 Å². The lowest BCUT2D eigenvalue weighted by atomic mass is 10.1. The summed E-state index contributed by atoms with van der Waals surface area (Å²) in [4.78, 5) is 42.1. The topological polar surface area (TPSA) is 124 Å². The zero-order valence-electron chi connectivity index (χ0n) is 20.4. The summed E-state index contributed by atoms with van der Waals surface area (Å²) >= 11 is 6.03. The number of fused-ring (bicyclic) bond motifs is 1. The summed E-state index contributed by atoms with van der Waals surface area (Å²) in [7, 11) is 0. The van der Waals surface area contributed by atoms with Gasteiger partial charge >= 0.3 is 11.2 Å². The van der Waals surface area contributed by atoms with Gasteiger partial charge in [-0.15, -0.1) is 22.9 Å². The first kappa shape index (κ1) is 27.9. The Morgan fingerprint density at radius 3 is 2.24 bits per heavy atom. The molecule has 4 aromatic rings. The molecule has 0 bridgehead atoms. The number of anilines is 1. The summed E-state index contributed by atoms with van der Waals surface area (Å²) in [5.74, 6) is -0.0349. The van der Waals surface area contributed by atoms with Gasteiger partial charge in [0.25, 0.3) is 5.91 Å². The molecule has 0 spiro atoms. The second kappa shape index (κ2) is 12.5. The molecular formula is C26H28ClN5O4S. The van der Waals surface area contributed by atoms with Gasteiger partial charge in [-0.1, -0.05) is 54.6 Å². The Morgan fingerprint density at radius 1 is 0.973 bits per heavy atom. The molecule has 1 saturated heterocycles. The molecule has 9 nitrogen and oxygen atoms in total. The van der Waals surface area contributed by atoms with Gasteiger partial charge < -0.3 is 16.0 Å². The van der Waals surface area contributed by atoms with Crippen LogP contribution >= 0.6 is 22.9 Å². The summed E-state index contributed by atoms with van der Waals surface area (Å²) < 4.78 is 1.48. The molecule has 1 aliphatic rings. The maximum absolute atomic E-state index is 13.5. The van der Waals surface area contributed by atoms with Crippen LogP contribution in [0.15, 0.2) is 76.9 Å². The molecule has 5 rings (SSSR count). The highest BCUT2D eigenvalue weighted by Gasteiger charge is 2.32. The molecule has 0 saturated carbocycles. The van der Waals surface area contributed by atoms with Crippen LogP contribution in [-0.2, 0) is 6.54 Å². The van der Waals surface area contributed by atoms with Crippen molar-refractivity contribution in [3.8, 4) is 0 Å². The van der Waals surface area contributed by atoms with Crippen LogP contribution in [0.5, 0.6) is 0 Å². The Balaban J connectivity index is 0.00000124. The van der Waals surface area contributed by atoms with Crippen LogP contribution in [0.25, 0.3) is 10.9 Å². The molecule has 11 heteroatoms. The molecular weight excluding hydrogens is 514 g/mol. The average Bonchev–Trinajstić information content (AvgIpc) is 3.46. The lowest BCUT2D eigenvalue weighted by Gasteiger charge is -2.36. The van der Waals surface area contributed by atoms with Crippen LogP contribution in [0.1, 0.15) is 15.2 Å². The van der Waals surface area contributed by atoms with Crippen molar-refractivity contribution in [1.82, 2.24) is 15.6 Å². The predicted octanol–water partition coefficient (Wildman–Crippen LogP) is 5.00. The van der Waals surface area contributed by atoms with E-state index in [0.29, 0.717) is 47.6 Å². The monoisotopic (exact) mass is 541 g/mol. The van der Waals surface area contributed by atoms with Gasteiger partial charge in [-0.3, -0.25) is 24.3 Å². The number of hydrogen-bond acceptors (Lipinski definition) is 7. The first-order valence-electron chi connectivity index (χ1n) is 11.3. The zero-order chi connectivity index (χ0) is 25.7. The highest BCUT2D eigenvalue weighted by atomic mass is 35.5. The number of carbonyl (C=O) groups is 1. The van der Waals surface area contributed by atoms with Crippen LogP contribution < -0.4 is 16.6 Å². The summed E-state index contributed by atoms with van der Waals surface area (Å²) in [6, 6.07) is 20.4. The lowest BCUT2D eigenvalue weighted by Crippen LogP contribution is -2.49. The van der Waals surface area contributed by atoms with Crippen LogP contribution in [0, 0.1) is 10.1 Å². The van der Waals surface area contributed by atoms with Crippen molar-refractivity contribution >= 4 is 51.1 Å². The van der Waals surface area contributed by atoms with Crippen LogP contribution in [0.4, 0.5) is 11.4 Å². The standard InChI is InChI=1S/C25H22N4O4S.CH3Cl.H3N/c30-24(21-11-6-16-34-21)27-14-12-26(13-15-27)22-19-9-4-5-10-20(19)28(25(31)23(22)29(32)33)17-18-7-2-1-3-8-18;1-2;/h1-11,16H,12-15,17H2;1H3;1H3. The number of nitrogens with zero attached hydrogens (tertiary/aromatic N) is 4. The highest BCUT2D eigenvalue weighted by molar-refractivity contribution is 7.12. The maximum Gasteiger partial charge on any atom is 0.357 e. The minimum Gasteiger partial charge on any atom is -0.362 e.